The molecule has 0 spiro atoms. The van der Waals surface area contributed by atoms with Crippen LogP contribution in [0.25, 0.3) is 0 Å². The van der Waals surface area contributed by atoms with Gasteiger partial charge >= 0.3 is 0 Å². The van der Waals surface area contributed by atoms with E-state index in [0.29, 0.717) is 12.0 Å². The average molecular weight is 183 g/mol. The molecule has 0 saturated heterocycles. The molecule has 2 atom stereocenters. The maximum atomic E-state index is 6.20. The first-order valence-electron chi connectivity index (χ1n) is 5.87. The van der Waals surface area contributed by atoms with Gasteiger partial charge in [-0.05, 0) is 24.2 Å². The summed E-state index contributed by atoms with van der Waals surface area (Å²) < 4.78 is 0. The zero-order valence-electron chi connectivity index (χ0n) is 9.42. The second kappa shape index (κ2) is 4.99. The molecule has 2 unspecified atom stereocenters. The first kappa shape index (κ1) is 11.0. The van der Waals surface area contributed by atoms with Gasteiger partial charge in [0.05, 0.1) is 0 Å². The highest BCUT2D eigenvalue weighted by Gasteiger charge is 2.22. The molecule has 1 saturated carbocycles. The molecule has 1 rings (SSSR count). The summed E-state index contributed by atoms with van der Waals surface area (Å²) in [7, 11) is 0. The zero-order valence-corrected chi connectivity index (χ0v) is 9.42. The molecule has 1 aliphatic carbocycles. The quantitative estimate of drug-likeness (QED) is 0.711. The summed E-state index contributed by atoms with van der Waals surface area (Å²) in [6, 6.07) is 0.433. The van der Waals surface area contributed by atoms with Gasteiger partial charge in [0.25, 0.3) is 0 Å². The average Bonchev–Trinajstić information content (AvgIpc) is 2.55. The van der Waals surface area contributed by atoms with E-state index < -0.39 is 0 Å². The lowest BCUT2D eigenvalue weighted by molar-refractivity contribution is 0.297. The van der Waals surface area contributed by atoms with Crippen LogP contribution < -0.4 is 5.73 Å². The second-order valence-corrected chi connectivity index (χ2v) is 5.15. The van der Waals surface area contributed by atoms with Gasteiger partial charge < -0.3 is 5.73 Å². The van der Waals surface area contributed by atoms with Crippen molar-refractivity contribution in [2.75, 3.05) is 0 Å². The van der Waals surface area contributed by atoms with Gasteiger partial charge in [0, 0.05) is 6.04 Å². The van der Waals surface area contributed by atoms with Gasteiger partial charge in [-0.25, -0.2) is 0 Å². The lowest BCUT2D eigenvalue weighted by atomic mass is 9.85. The predicted octanol–water partition coefficient (Wildman–Crippen LogP) is 3.19. The lowest BCUT2D eigenvalue weighted by Crippen LogP contribution is -2.33. The summed E-state index contributed by atoms with van der Waals surface area (Å²) in [5.74, 6) is 2.35. The Morgan fingerprint density at radius 1 is 1.15 bits per heavy atom. The van der Waals surface area contributed by atoms with Crippen LogP contribution in [0.2, 0.25) is 0 Å². The topological polar surface area (TPSA) is 26.0 Å². The van der Waals surface area contributed by atoms with Crippen molar-refractivity contribution < 1.29 is 0 Å². The Hall–Kier alpha value is -0.0400. The Bertz CT molecular complexity index is 136. The Labute approximate surface area is 83.1 Å². The molecule has 2 N–H and O–H groups in total. The van der Waals surface area contributed by atoms with Crippen molar-refractivity contribution in [3.05, 3.63) is 0 Å². The second-order valence-electron chi connectivity index (χ2n) is 5.15. The van der Waals surface area contributed by atoms with Crippen LogP contribution in [0.15, 0.2) is 0 Å². The van der Waals surface area contributed by atoms with E-state index in [4.69, 9.17) is 5.73 Å². The van der Waals surface area contributed by atoms with E-state index in [2.05, 4.69) is 20.8 Å². The zero-order chi connectivity index (χ0) is 9.84. The molecule has 0 heterocycles. The molecule has 0 aromatic carbocycles. The van der Waals surface area contributed by atoms with Gasteiger partial charge in [0.15, 0.2) is 0 Å². The van der Waals surface area contributed by atoms with E-state index in [-0.39, 0.29) is 0 Å². The van der Waals surface area contributed by atoms with Crippen LogP contribution in [-0.4, -0.2) is 6.04 Å². The van der Waals surface area contributed by atoms with Gasteiger partial charge in [-0.2, -0.15) is 0 Å². The highest BCUT2D eigenvalue weighted by atomic mass is 14.7. The third-order valence-electron chi connectivity index (χ3n) is 3.81. The SMILES string of the molecule is CC(C)C(C)C(N)CC1CCCC1. The van der Waals surface area contributed by atoms with Gasteiger partial charge in [-0.3, -0.25) is 0 Å². The fourth-order valence-corrected chi connectivity index (χ4v) is 2.34. The van der Waals surface area contributed by atoms with E-state index in [0.717, 1.165) is 11.8 Å². The van der Waals surface area contributed by atoms with E-state index >= 15 is 0 Å². The smallest absolute Gasteiger partial charge is 0.00696 e. The standard InChI is InChI=1S/C12H25N/c1-9(2)10(3)12(13)8-11-6-4-5-7-11/h9-12H,4-8,13H2,1-3H3. The molecule has 0 radical (unpaired) electrons. The highest BCUT2D eigenvalue weighted by Crippen LogP contribution is 2.30. The minimum atomic E-state index is 0.433. The minimum Gasteiger partial charge on any atom is -0.327 e. The first-order valence-corrected chi connectivity index (χ1v) is 5.87. The third kappa shape index (κ3) is 3.30. The molecule has 0 amide bonds. The monoisotopic (exact) mass is 183 g/mol. The van der Waals surface area contributed by atoms with Crippen LogP contribution in [0.1, 0.15) is 52.9 Å². The van der Waals surface area contributed by atoms with E-state index in [1.54, 1.807) is 0 Å². The molecule has 1 fully saturated rings. The summed E-state index contributed by atoms with van der Waals surface area (Å²) in [4.78, 5) is 0. The van der Waals surface area contributed by atoms with Crippen molar-refractivity contribution >= 4 is 0 Å². The molecule has 1 heteroatoms. The summed E-state index contributed by atoms with van der Waals surface area (Å²) in [6.07, 6.45) is 7.00. The van der Waals surface area contributed by atoms with Crippen molar-refractivity contribution in [1.29, 1.82) is 0 Å². The van der Waals surface area contributed by atoms with E-state index in [9.17, 15) is 0 Å². The molecule has 13 heavy (non-hydrogen) atoms. The largest absolute Gasteiger partial charge is 0.327 e. The van der Waals surface area contributed by atoms with E-state index in [1.807, 2.05) is 0 Å². The molecule has 1 nitrogen and oxygen atoms in total. The predicted molar refractivity (Wildman–Crippen MR) is 58.6 cm³/mol. The fourth-order valence-electron chi connectivity index (χ4n) is 2.34. The number of nitrogens with two attached hydrogens (primary N) is 1. The van der Waals surface area contributed by atoms with E-state index in [1.165, 1.54) is 32.1 Å². The van der Waals surface area contributed by atoms with Crippen LogP contribution in [0.4, 0.5) is 0 Å². The van der Waals surface area contributed by atoms with Gasteiger partial charge in [-0.1, -0.05) is 46.5 Å². The van der Waals surface area contributed by atoms with Crippen LogP contribution in [0.3, 0.4) is 0 Å². The van der Waals surface area contributed by atoms with Crippen molar-refractivity contribution in [3.8, 4) is 0 Å². The molecule has 0 aromatic heterocycles. The van der Waals surface area contributed by atoms with Gasteiger partial charge in [0.2, 0.25) is 0 Å². The molecule has 0 bridgehead atoms. The molecular formula is C12H25N. The number of hydrogen-bond donors (Lipinski definition) is 1. The summed E-state index contributed by atoms with van der Waals surface area (Å²) in [5.41, 5.74) is 6.20. The summed E-state index contributed by atoms with van der Waals surface area (Å²) >= 11 is 0. The molecule has 0 aromatic rings. The van der Waals surface area contributed by atoms with Gasteiger partial charge in [0.1, 0.15) is 0 Å². The minimum absolute atomic E-state index is 0.433. The normalized spacial score (nSPS) is 23.8. The van der Waals surface area contributed by atoms with Crippen LogP contribution in [-0.2, 0) is 0 Å². The first-order chi connectivity index (χ1) is 6.11. The van der Waals surface area contributed by atoms with Crippen LogP contribution >= 0.6 is 0 Å². The lowest BCUT2D eigenvalue weighted by Gasteiger charge is -2.25. The number of hydrogen-bond acceptors (Lipinski definition) is 1. The Morgan fingerprint density at radius 2 is 1.69 bits per heavy atom. The third-order valence-corrected chi connectivity index (χ3v) is 3.81. The molecule has 0 aliphatic heterocycles. The number of rotatable bonds is 4. The van der Waals surface area contributed by atoms with Crippen LogP contribution in [0.5, 0.6) is 0 Å². The Morgan fingerprint density at radius 3 is 2.15 bits per heavy atom. The van der Waals surface area contributed by atoms with Gasteiger partial charge in [-0.15, -0.1) is 0 Å². The maximum absolute atomic E-state index is 6.20. The van der Waals surface area contributed by atoms with Crippen molar-refractivity contribution in [2.24, 2.45) is 23.5 Å². The van der Waals surface area contributed by atoms with Crippen molar-refractivity contribution in [1.82, 2.24) is 0 Å². The Balaban J connectivity index is 2.26. The summed E-state index contributed by atoms with van der Waals surface area (Å²) in [6.45, 7) is 6.85. The molecular weight excluding hydrogens is 158 g/mol. The highest BCUT2D eigenvalue weighted by molar-refractivity contribution is 4.78. The fraction of sp³-hybridized carbons (Fsp3) is 1.00. The van der Waals surface area contributed by atoms with Crippen molar-refractivity contribution in [3.63, 3.8) is 0 Å². The van der Waals surface area contributed by atoms with Crippen molar-refractivity contribution in [2.45, 2.75) is 58.9 Å². The maximum Gasteiger partial charge on any atom is 0.00696 e. The summed E-state index contributed by atoms with van der Waals surface area (Å²) in [5, 5.41) is 0. The molecule has 1 aliphatic rings. The Kier molecular flexibility index (Phi) is 4.24. The van der Waals surface area contributed by atoms with Crippen LogP contribution in [0, 0.1) is 17.8 Å². The molecule has 78 valence electrons.